The molecule has 0 aliphatic rings. The topological polar surface area (TPSA) is 44.2 Å². The van der Waals surface area contributed by atoms with Crippen LogP contribution >= 0.6 is 22.9 Å². The minimum absolute atomic E-state index is 0.452. The summed E-state index contributed by atoms with van der Waals surface area (Å²) in [4.78, 5) is 9.74. The van der Waals surface area contributed by atoms with Gasteiger partial charge in [-0.05, 0) is 23.6 Å². The molecule has 0 unspecified atom stereocenters. The van der Waals surface area contributed by atoms with E-state index in [1.165, 1.54) is 11.3 Å². The lowest BCUT2D eigenvalue weighted by Crippen LogP contribution is -1.93. The molecule has 0 N–H and O–H groups in total. The van der Waals surface area contributed by atoms with E-state index in [1.807, 2.05) is 23.6 Å². The van der Waals surface area contributed by atoms with Gasteiger partial charge in [0.2, 0.25) is 0 Å². The van der Waals surface area contributed by atoms with Crippen LogP contribution in [0.2, 0.25) is 5.15 Å². The van der Waals surface area contributed by atoms with Crippen LogP contribution in [0.5, 0.6) is 11.5 Å². The number of nitrogens with zero attached hydrogens (tertiary/aromatic N) is 2. The second kappa shape index (κ2) is 5.26. The van der Waals surface area contributed by atoms with E-state index in [4.69, 9.17) is 21.1 Å². The van der Waals surface area contributed by atoms with E-state index in [9.17, 15) is 0 Å². The van der Waals surface area contributed by atoms with Crippen LogP contribution in [0.1, 0.15) is 0 Å². The molecule has 0 aliphatic carbocycles. The highest BCUT2D eigenvalue weighted by Gasteiger charge is 2.11. The first-order valence-corrected chi connectivity index (χ1v) is 7.11. The number of hydrogen-bond donors (Lipinski definition) is 0. The molecule has 3 aromatic rings. The summed E-state index contributed by atoms with van der Waals surface area (Å²) in [6, 6.07) is 7.42. The summed E-state index contributed by atoms with van der Waals surface area (Å²) in [5, 5.41) is 3.27. The lowest BCUT2D eigenvalue weighted by molar-refractivity contribution is 0.394. The molecule has 3 rings (SSSR count). The van der Waals surface area contributed by atoms with Gasteiger partial charge < -0.3 is 9.47 Å². The van der Waals surface area contributed by atoms with E-state index in [0.29, 0.717) is 22.5 Å². The molecule has 0 spiro atoms. The highest BCUT2D eigenvalue weighted by Crippen LogP contribution is 2.31. The van der Waals surface area contributed by atoms with E-state index < -0.39 is 0 Å². The number of ether oxygens (including phenoxy) is 2. The second-order valence-corrected chi connectivity index (χ2v) is 5.33. The molecule has 0 saturated carbocycles. The summed E-state index contributed by atoms with van der Waals surface area (Å²) >= 11 is 7.73. The molecule has 0 amide bonds. The second-order valence-electron chi connectivity index (χ2n) is 4.08. The average molecular weight is 307 g/mol. The van der Waals surface area contributed by atoms with Crippen LogP contribution in [-0.2, 0) is 0 Å². The number of methoxy groups -OCH3 is 2. The van der Waals surface area contributed by atoms with Gasteiger partial charge in [0, 0.05) is 17.0 Å². The third-order valence-electron chi connectivity index (χ3n) is 2.89. The average Bonchev–Trinajstić information content (AvgIpc) is 2.95. The van der Waals surface area contributed by atoms with Crippen molar-refractivity contribution in [3.8, 4) is 22.9 Å². The van der Waals surface area contributed by atoms with Crippen molar-refractivity contribution >= 4 is 33.2 Å². The van der Waals surface area contributed by atoms with Crippen molar-refractivity contribution in [2.45, 2.75) is 0 Å². The van der Waals surface area contributed by atoms with Crippen LogP contribution in [0, 0.1) is 0 Å². The number of aromatic nitrogens is 2. The quantitative estimate of drug-likeness (QED) is 0.685. The van der Waals surface area contributed by atoms with Crippen LogP contribution < -0.4 is 9.47 Å². The minimum atomic E-state index is 0.452. The Morgan fingerprint density at radius 2 is 1.75 bits per heavy atom. The van der Waals surface area contributed by atoms with Crippen LogP contribution in [-0.4, -0.2) is 24.2 Å². The fourth-order valence-corrected chi connectivity index (χ4v) is 2.94. The maximum atomic E-state index is 6.19. The zero-order chi connectivity index (χ0) is 14.1. The summed E-state index contributed by atoms with van der Waals surface area (Å²) in [5.74, 6) is 1.93. The van der Waals surface area contributed by atoms with Gasteiger partial charge in [0.25, 0.3) is 0 Å². The van der Waals surface area contributed by atoms with Gasteiger partial charge in [0.05, 0.1) is 14.2 Å². The number of benzene rings is 1. The van der Waals surface area contributed by atoms with Crippen molar-refractivity contribution in [1.82, 2.24) is 9.97 Å². The smallest absolute Gasteiger partial charge is 0.162 e. The molecule has 0 bridgehead atoms. The Bertz CT molecular complexity index is 751. The molecule has 1 aromatic carbocycles. The molecule has 0 saturated heterocycles. The lowest BCUT2D eigenvalue weighted by Gasteiger charge is -2.08. The lowest BCUT2D eigenvalue weighted by atomic mass is 10.2. The summed E-state index contributed by atoms with van der Waals surface area (Å²) in [6.07, 6.45) is 0. The van der Waals surface area contributed by atoms with Crippen LogP contribution in [0.25, 0.3) is 21.6 Å². The molecule has 4 nitrogen and oxygen atoms in total. The fraction of sp³-hybridized carbons (Fsp3) is 0.143. The van der Waals surface area contributed by atoms with Crippen molar-refractivity contribution in [2.24, 2.45) is 0 Å². The monoisotopic (exact) mass is 306 g/mol. The number of rotatable bonds is 3. The Morgan fingerprint density at radius 1 is 1.05 bits per heavy atom. The highest BCUT2D eigenvalue weighted by molar-refractivity contribution is 7.16. The maximum absolute atomic E-state index is 6.19. The molecule has 2 heterocycles. The first-order chi connectivity index (χ1) is 9.71. The Balaban J connectivity index is 2.18. The van der Waals surface area contributed by atoms with E-state index in [0.717, 1.165) is 15.8 Å². The van der Waals surface area contributed by atoms with E-state index in [1.54, 1.807) is 20.3 Å². The van der Waals surface area contributed by atoms with Crippen LogP contribution in [0.15, 0.2) is 29.6 Å². The van der Waals surface area contributed by atoms with Crippen molar-refractivity contribution < 1.29 is 9.47 Å². The summed E-state index contributed by atoms with van der Waals surface area (Å²) in [7, 11) is 3.21. The van der Waals surface area contributed by atoms with Crippen LogP contribution in [0.3, 0.4) is 0 Å². The summed E-state index contributed by atoms with van der Waals surface area (Å²) in [5.41, 5.74) is 0.804. The predicted octanol–water partition coefficient (Wildman–Crippen LogP) is 4.03. The standard InChI is InChI=1S/C14H11ClN2O2S/c1-18-9-5-8(6-10(7-9)19-2)13-16-12(15)11-3-4-20-14(11)17-13/h3-7H,1-2H3. The zero-order valence-electron chi connectivity index (χ0n) is 10.9. The molecule has 0 fully saturated rings. The Labute approximate surface area is 125 Å². The van der Waals surface area contributed by atoms with Crippen molar-refractivity contribution in [2.75, 3.05) is 14.2 Å². The molecule has 20 heavy (non-hydrogen) atoms. The zero-order valence-corrected chi connectivity index (χ0v) is 12.5. The van der Waals surface area contributed by atoms with E-state index >= 15 is 0 Å². The van der Waals surface area contributed by atoms with Gasteiger partial charge in [0.1, 0.15) is 21.5 Å². The Morgan fingerprint density at radius 3 is 2.40 bits per heavy atom. The van der Waals surface area contributed by atoms with Crippen molar-refractivity contribution in [3.05, 3.63) is 34.8 Å². The molecule has 102 valence electrons. The van der Waals surface area contributed by atoms with Gasteiger partial charge >= 0.3 is 0 Å². The van der Waals surface area contributed by atoms with Crippen LogP contribution in [0.4, 0.5) is 0 Å². The highest BCUT2D eigenvalue weighted by atomic mass is 35.5. The minimum Gasteiger partial charge on any atom is -0.497 e. The van der Waals surface area contributed by atoms with Gasteiger partial charge in [0.15, 0.2) is 5.82 Å². The fourth-order valence-electron chi connectivity index (χ4n) is 1.88. The summed E-state index contributed by atoms with van der Waals surface area (Å²) in [6.45, 7) is 0. The molecular formula is C14H11ClN2O2S. The Kier molecular flexibility index (Phi) is 3.46. The van der Waals surface area contributed by atoms with Gasteiger partial charge in [-0.1, -0.05) is 11.6 Å². The normalized spacial score (nSPS) is 10.8. The molecule has 6 heteroatoms. The number of halogens is 1. The van der Waals surface area contributed by atoms with Gasteiger partial charge in [-0.25, -0.2) is 9.97 Å². The van der Waals surface area contributed by atoms with Gasteiger partial charge in [-0.2, -0.15) is 0 Å². The molecule has 2 aromatic heterocycles. The number of hydrogen-bond acceptors (Lipinski definition) is 5. The maximum Gasteiger partial charge on any atom is 0.162 e. The van der Waals surface area contributed by atoms with E-state index in [2.05, 4.69) is 9.97 Å². The molecule has 0 atom stereocenters. The largest absolute Gasteiger partial charge is 0.497 e. The number of thiophene rings is 1. The SMILES string of the molecule is COc1cc(OC)cc(-c2nc(Cl)c3ccsc3n2)c1. The number of fused-ring (bicyclic) bond motifs is 1. The van der Waals surface area contributed by atoms with E-state index in [-0.39, 0.29) is 0 Å². The Hall–Kier alpha value is -1.85. The first kappa shape index (κ1) is 13.1. The predicted molar refractivity (Wildman–Crippen MR) is 81.0 cm³/mol. The van der Waals surface area contributed by atoms with Gasteiger partial charge in [-0.15, -0.1) is 11.3 Å². The van der Waals surface area contributed by atoms with Gasteiger partial charge in [-0.3, -0.25) is 0 Å². The van der Waals surface area contributed by atoms with Crippen molar-refractivity contribution in [1.29, 1.82) is 0 Å². The first-order valence-electron chi connectivity index (χ1n) is 5.85. The third kappa shape index (κ3) is 2.30. The third-order valence-corrected chi connectivity index (χ3v) is 3.98. The summed E-state index contributed by atoms with van der Waals surface area (Å²) < 4.78 is 10.5. The molecule has 0 aliphatic heterocycles. The van der Waals surface area contributed by atoms with Crippen molar-refractivity contribution in [3.63, 3.8) is 0 Å². The molecular weight excluding hydrogens is 296 g/mol. The molecule has 0 radical (unpaired) electrons.